The molecule has 0 bridgehead atoms. The number of anilines is 1. The van der Waals surface area contributed by atoms with Gasteiger partial charge in [0, 0.05) is 43.7 Å². The maximum Gasteiger partial charge on any atom is 0.232 e. The first kappa shape index (κ1) is 33.0. The number of likely N-dealkylation sites (N-methyl/N-ethyl adjacent to an activating group) is 1. The SMILES string of the molecule is COCC1C2CCC3=C(CCC21)C(C(C)(C)CC(C)(C)n1nnc2c1-c1ccccc1N(C(=O)C(C)(C)C)Cc1ccccc1-2)N(C)O3. The molecule has 48 heavy (non-hydrogen) atoms. The smallest absolute Gasteiger partial charge is 0.232 e. The fourth-order valence-corrected chi connectivity index (χ4v) is 9.60. The Balaban J connectivity index is 1.27. The molecule has 0 radical (unpaired) electrons. The van der Waals surface area contributed by atoms with Gasteiger partial charge in [0.25, 0.3) is 0 Å². The Labute approximate surface area is 286 Å². The lowest BCUT2D eigenvalue weighted by Gasteiger charge is -2.42. The zero-order valence-corrected chi connectivity index (χ0v) is 30.3. The van der Waals surface area contributed by atoms with Gasteiger partial charge in [-0.05, 0) is 79.9 Å². The molecule has 1 saturated carbocycles. The minimum atomic E-state index is -0.545. The van der Waals surface area contributed by atoms with E-state index in [1.54, 1.807) is 0 Å². The van der Waals surface area contributed by atoms with Gasteiger partial charge in [0.05, 0.1) is 29.5 Å². The lowest BCUT2D eigenvalue weighted by Crippen LogP contribution is -2.45. The fourth-order valence-electron chi connectivity index (χ4n) is 9.60. The van der Waals surface area contributed by atoms with Crippen LogP contribution in [0.3, 0.4) is 0 Å². The zero-order chi connectivity index (χ0) is 34.2. The van der Waals surface area contributed by atoms with Crippen molar-refractivity contribution < 1.29 is 14.4 Å². The summed E-state index contributed by atoms with van der Waals surface area (Å²) in [6, 6.07) is 16.8. The lowest BCUT2D eigenvalue weighted by molar-refractivity contribution is -0.126. The summed E-state index contributed by atoms with van der Waals surface area (Å²) >= 11 is 0. The molecule has 0 saturated heterocycles. The predicted molar refractivity (Wildman–Crippen MR) is 190 cm³/mol. The Morgan fingerprint density at radius 1 is 0.938 bits per heavy atom. The Bertz CT molecular complexity index is 1750. The van der Waals surface area contributed by atoms with E-state index in [0.29, 0.717) is 12.5 Å². The van der Waals surface area contributed by atoms with E-state index in [1.165, 1.54) is 24.2 Å². The van der Waals surface area contributed by atoms with Crippen LogP contribution in [0.2, 0.25) is 0 Å². The van der Waals surface area contributed by atoms with Crippen LogP contribution in [0.1, 0.15) is 86.1 Å². The van der Waals surface area contributed by atoms with Crippen molar-refractivity contribution >= 4 is 11.6 Å². The topological polar surface area (TPSA) is 72.7 Å². The number of carbonyl (C=O) groups excluding carboxylic acids is 1. The second-order valence-electron chi connectivity index (χ2n) is 17.0. The second-order valence-corrected chi connectivity index (χ2v) is 17.0. The number of para-hydroxylation sites is 1. The van der Waals surface area contributed by atoms with Crippen molar-refractivity contribution in [1.29, 1.82) is 0 Å². The van der Waals surface area contributed by atoms with Gasteiger partial charge in [0.2, 0.25) is 5.91 Å². The van der Waals surface area contributed by atoms with Gasteiger partial charge in [-0.2, -0.15) is 0 Å². The average Bonchev–Trinajstić information content (AvgIpc) is 3.29. The third kappa shape index (κ3) is 5.59. The molecule has 1 aromatic heterocycles. The van der Waals surface area contributed by atoms with Crippen LogP contribution in [0.5, 0.6) is 0 Å². The highest BCUT2D eigenvalue weighted by Gasteiger charge is 2.53. The van der Waals surface area contributed by atoms with E-state index in [4.69, 9.17) is 19.9 Å². The molecule has 1 amide bonds. The monoisotopic (exact) mass is 651 g/mol. The number of ether oxygens (including phenoxy) is 1. The van der Waals surface area contributed by atoms with Gasteiger partial charge >= 0.3 is 0 Å². The molecule has 8 nitrogen and oxygen atoms in total. The van der Waals surface area contributed by atoms with Crippen molar-refractivity contribution in [1.82, 2.24) is 20.1 Å². The number of allylic oxidation sites excluding steroid dienone is 1. The lowest BCUT2D eigenvalue weighted by atomic mass is 9.71. The highest BCUT2D eigenvalue weighted by Crippen LogP contribution is 2.56. The number of hydroxylamine groups is 2. The Hall–Kier alpha value is -3.49. The maximum atomic E-state index is 14.1. The van der Waals surface area contributed by atoms with Crippen LogP contribution < -0.4 is 4.90 Å². The molecule has 256 valence electrons. The number of methoxy groups -OCH3 is 1. The van der Waals surface area contributed by atoms with Crippen molar-refractivity contribution in [2.45, 2.75) is 98.7 Å². The van der Waals surface area contributed by atoms with Gasteiger partial charge in [-0.1, -0.05) is 82.3 Å². The number of hydrogen-bond acceptors (Lipinski definition) is 6. The van der Waals surface area contributed by atoms with E-state index in [0.717, 1.165) is 71.5 Å². The standard InChI is InChI=1S/C40H53N5O3/c1-38(2,3)37(46)44-22-25-14-10-11-15-26(25)34-35(29-16-12-13-17-32(29)44)45(42-41-34)40(6,7)24-39(4,5)36-30-19-18-27-28(31(27)23-47-9)20-21-33(30)48-43(36)8/h10-17,27-28,31,36H,18-24H2,1-9H3. The van der Waals surface area contributed by atoms with Crippen molar-refractivity contribution in [3.8, 4) is 22.5 Å². The Kier molecular flexibility index (Phi) is 8.14. The zero-order valence-electron chi connectivity index (χ0n) is 30.3. The maximum absolute atomic E-state index is 14.1. The number of benzene rings is 2. The summed E-state index contributed by atoms with van der Waals surface area (Å²) < 4.78 is 7.70. The van der Waals surface area contributed by atoms with Gasteiger partial charge in [-0.25, -0.2) is 4.68 Å². The molecule has 1 fully saturated rings. The Morgan fingerprint density at radius 2 is 1.60 bits per heavy atom. The first-order valence-electron chi connectivity index (χ1n) is 17.8. The number of carbonyl (C=O) groups is 1. The van der Waals surface area contributed by atoms with E-state index >= 15 is 0 Å². The molecular formula is C40H53N5O3. The van der Waals surface area contributed by atoms with Crippen LogP contribution in [0.15, 0.2) is 59.9 Å². The summed E-state index contributed by atoms with van der Waals surface area (Å²) in [5, 5.41) is 12.0. The van der Waals surface area contributed by atoms with Gasteiger partial charge in [0.1, 0.15) is 11.5 Å². The molecule has 3 aromatic rings. The van der Waals surface area contributed by atoms with E-state index in [-0.39, 0.29) is 17.4 Å². The predicted octanol–water partition coefficient (Wildman–Crippen LogP) is 8.24. The Morgan fingerprint density at radius 3 is 2.31 bits per heavy atom. The van der Waals surface area contributed by atoms with Crippen molar-refractivity contribution in [2.75, 3.05) is 25.7 Å². The third-order valence-electron chi connectivity index (χ3n) is 11.4. The number of hydrogen-bond donors (Lipinski definition) is 0. The highest BCUT2D eigenvalue weighted by atomic mass is 16.7. The van der Waals surface area contributed by atoms with Crippen LogP contribution in [0, 0.1) is 28.6 Å². The largest absolute Gasteiger partial charge is 0.410 e. The van der Waals surface area contributed by atoms with Crippen LogP contribution in [0.25, 0.3) is 22.5 Å². The number of rotatable bonds is 6. The van der Waals surface area contributed by atoms with Crippen molar-refractivity contribution in [3.63, 3.8) is 0 Å². The minimum absolute atomic E-state index is 0.0891. The summed E-state index contributed by atoms with van der Waals surface area (Å²) in [6.07, 6.45) is 5.33. The minimum Gasteiger partial charge on any atom is -0.410 e. The van der Waals surface area contributed by atoms with Gasteiger partial charge in [-0.3, -0.25) is 4.79 Å². The molecule has 4 atom stereocenters. The molecule has 2 aliphatic heterocycles. The third-order valence-corrected chi connectivity index (χ3v) is 11.4. The molecule has 7 rings (SSSR count). The fraction of sp³-hybridized carbons (Fsp3) is 0.575. The first-order chi connectivity index (χ1) is 22.7. The normalized spacial score (nSPS) is 24.2. The summed E-state index contributed by atoms with van der Waals surface area (Å²) in [6.45, 7) is 16.7. The van der Waals surface area contributed by atoms with Crippen molar-refractivity contribution in [2.24, 2.45) is 28.6 Å². The molecule has 0 N–H and O–H groups in total. The summed E-state index contributed by atoms with van der Waals surface area (Å²) in [5.41, 5.74) is 6.15. The summed E-state index contributed by atoms with van der Waals surface area (Å²) in [5.74, 6) is 3.52. The second kappa shape index (κ2) is 11.8. The number of fused-ring (bicyclic) bond motifs is 6. The first-order valence-corrected chi connectivity index (χ1v) is 17.8. The van der Waals surface area contributed by atoms with E-state index < -0.39 is 11.0 Å². The molecule has 4 aliphatic rings. The highest BCUT2D eigenvalue weighted by molar-refractivity contribution is 6.02. The van der Waals surface area contributed by atoms with Crippen LogP contribution in [-0.4, -0.2) is 52.8 Å². The molecular weight excluding hydrogens is 598 g/mol. The molecule has 2 aromatic carbocycles. The number of aromatic nitrogens is 3. The van der Waals surface area contributed by atoms with E-state index in [2.05, 4.69) is 80.9 Å². The quantitative estimate of drug-likeness (QED) is 0.267. The molecule has 8 heteroatoms. The number of amides is 1. The van der Waals surface area contributed by atoms with Crippen LogP contribution >= 0.6 is 0 Å². The molecule has 0 spiro atoms. The van der Waals surface area contributed by atoms with Gasteiger partial charge in [0.15, 0.2) is 0 Å². The van der Waals surface area contributed by atoms with E-state index in [1.807, 2.05) is 44.9 Å². The summed E-state index contributed by atoms with van der Waals surface area (Å²) in [4.78, 5) is 22.6. The van der Waals surface area contributed by atoms with Gasteiger partial charge < -0.3 is 14.5 Å². The van der Waals surface area contributed by atoms with E-state index in [9.17, 15) is 4.79 Å². The van der Waals surface area contributed by atoms with Crippen LogP contribution in [-0.2, 0) is 26.5 Å². The molecule has 3 heterocycles. The van der Waals surface area contributed by atoms with Crippen molar-refractivity contribution in [3.05, 3.63) is 65.4 Å². The van der Waals surface area contributed by atoms with Crippen LogP contribution in [0.4, 0.5) is 5.69 Å². The van der Waals surface area contributed by atoms with Gasteiger partial charge in [-0.15, -0.1) is 10.2 Å². The summed E-state index contributed by atoms with van der Waals surface area (Å²) in [7, 11) is 3.94. The molecule has 4 unspecified atom stereocenters. The molecule has 2 aliphatic carbocycles. The number of nitrogens with zero attached hydrogens (tertiary/aromatic N) is 5. The average molecular weight is 652 g/mol.